The molecule has 0 spiro atoms. The maximum Gasteiger partial charge on any atom is 0.253 e. The van der Waals surface area contributed by atoms with Gasteiger partial charge in [-0.05, 0) is 56.0 Å². The lowest BCUT2D eigenvalue weighted by molar-refractivity contribution is -0.124. The van der Waals surface area contributed by atoms with Crippen LogP contribution in [0.4, 0.5) is 5.69 Å². The van der Waals surface area contributed by atoms with Gasteiger partial charge in [-0.1, -0.05) is 30.3 Å². The number of amides is 1. The maximum atomic E-state index is 12.2. The number of anilines is 1. The summed E-state index contributed by atoms with van der Waals surface area (Å²) in [5, 5.41) is 9.53. The Bertz CT molecular complexity index is 836. The smallest absolute Gasteiger partial charge is 0.253 e. The molecular formula is C24H32N4O3. The first-order valence-electron chi connectivity index (χ1n) is 11.0. The number of benzene rings is 2. The molecule has 0 radical (unpaired) electrons. The summed E-state index contributed by atoms with van der Waals surface area (Å²) in [7, 11) is 0. The zero-order valence-corrected chi connectivity index (χ0v) is 18.1. The molecule has 1 aliphatic heterocycles. The van der Waals surface area contributed by atoms with Crippen LogP contribution in [0.3, 0.4) is 0 Å². The van der Waals surface area contributed by atoms with Crippen LogP contribution in [0, 0.1) is 0 Å². The van der Waals surface area contributed by atoms with Gasteiger partial charge < -0.3 is 25.4 Å². The number of para-hydroxylation sites is 1. The van der Waals surface area contributed by atoms with Crippen LogP contribution in [0.15, 0.2) is 59.6 Å². The van der Waals surface area contributed by atoms with Gasteiger partial charge in [0.2, 0.25) is 0 Å². The highest BCUT2D eigenvalue weighted by molar-refractivity contribution is 5.94. The lowest BCUT2D eigenvalue weighted by Crippen LogP contribution is -2.38. The molecule has 1 atom stereocenters. The van der Waals surface area contributed by atoms with Crippen molar-refractivity contribution in [1.82, 2.24) is 10.6 Å². The van der Waals surface area contributed by atoms with Crippen molar-refractivity contribution in [2.24, 2.45) is 4.99 Å². The molecule has 1 amide bonds. The highest BCUT2D eigenvalue weighted by atomic mass is 16.5. The van der Waals surface area contributed by atoms with E-state index in [1.165, 1.54) is 0 Å². The Labute approximate surface area is 184 Å². The van der Waals surface area contributed by atoms with Gasteiger partial charge in [0.05, 0.1) is 13.2 Å². The molecule has 0 aliphatic carbocycles. The van der Waals surface area contributed by atoms with Crippen LogP contribution >= 0.6 is 0 Å². The van der Waals surface area contributed by atoms with Crippen LogP contribution in [0.1, 0.15) is 31.7 Å². The van der Waals surface area contributed by atoms with Crippen LogP contribution in [0.2, 0.25) is 0 Å². The van der Waals surface area contributed by atoms with E-state index in [1.807, 2.05) is 61.5 Å². The topological polar surface area (TPSA) is 84.0 Å². The van der Waals surface area contributed by atoms with Crippen molar-refractivity contribution in [2.45, 2.75) is 38.8 Å². The molecule has 2 aromatic rings. The van der Waals surface area contributed by atoms with Crippen molar-refractivity contribution < 1.29 is 14.3 Å². The number of nitrogens with one attached hydrogen (secondary N) is 3. The lowest BCUT2D eigenvalue weighted by Gasteiger charge is -2.13. The monoisotopic (exact) mass is 424 g/mol. The van der Waals surface area contributed by atoms with Gasteiger partial charge in [-0.25, -0.2) is 4.99 Å². The molecule has 0 bridgehead atoms. The van der Waals surface area contributed by atoms with Crippen LogP contribution in [-0.2, 0) is 16.1 Å². The Morgan fingerprint density at radius 1 is 1.16 bits per heavy atom. The average Bonchev–Trinajstić information content (AvgIpc) is 3.33. The second kappa shape index (κ2) is 12.6. The molecule has 1 saturated heterocycles. The zero-order valence-electron chi connectivity index (χ0n) is 18.1. The van der Waals surface area contributed by atoms with Gasteiger partial charge in [0.15, 0.2) is 5.96 Å². The Kier molecular flexibility index (Phi) is 9.19. The van der Waals surface area contributed by atoms with Gasteiger partial charge in [-0.3, -0.25) is 4.79 Å². The highest BCUT2D eigenvalue weighted by Gasteiger charge is 2.23. The number of guanidine groups is 1. The first-order valence-corrected chi connectivity index (χ1v) is 11.0. The number of carbonyl (C=O) groups excluding carboxylic acids is 1. The van der Waals surface area contributed by atoms with Crippen LogP contribution < -0.4 is 20.7 Å². The molecule has 2 aromatic carbocycles. The van der Waals surface area contributed by atoms with E-state index in [4.69, 9.17) is 9.47 Å². The van der Waals surface area contributed by atoms with Crippen molar-refractivity contribution in [3.05, 3.63) is 60.2 Å². The van der Waals surface area contributed by atoms with Crippen molar-refractivity contribution in [3.8, 4) is 5.75 Å². The normalized spacial score (nSPS) is 16.0. The molecule has 7 nitrogen and oxygen atoms in total. The molecular weight excluding hydrogens is 392 g/mol. The number of hydrogen-bond donors (Lipinski definition) is 3. The van der Waals surface area contributed by atoms with E-state index >= 15 is 0 Å². The summed E-state index contributed by atoms with van der Waals surface area (Å²) in [5.41, 5.74) is 1.79. The molecule has 0 saturated carbocycles. The minimum Gasteiger partial charge on any atom is -0.494 e. The van der Waals surface area contributed by atoms with Crippen molar-refractivity contribution in [3.63, 3.8) is 0 Å². The quantitative estimate of drug-likeness (QED) is 0.310. The first kappa shape index (κ1) is 22.6. The fraction of sp³-hybridized carbons (Fsp3) is 0.417. The predicted molar refractivity (Wildman–Crippen MR) is 123 cm³/mol. The molecule has 166 valence electrons. The Morgan fingerprint density at radius 2 is 2.03 bits per heavy atom. The van der Waals surface area contributed by atoms with Gasteiger partial charge >= 0.3 is 0 Å². The lowest BCUT2D eigenvalue weighted by atomic mass is 10.2. The third kappa shape index (κ3) is 7.94. The largest absolute Gasteiger partial charge is 0.494 e. The minimum absolute atomic E-state index is 0.0779. The van der Waals surface area contributed by atoms with E-state index in [-0.39, 0.29) is 12.0 Å². The van der Waals surface area contributed by atoms with Crippen LogP contribution in [0.25, 0.3) is 0 Å². The minimum atomic E-state index is -0.336. The Hall–Kier alpha value is -3.06. The molecule has 31 heavy (non-hydrogen) atoms. The molecule has 1 unspecified atom stereocenters. The second-order valence-corrected chi connectivity index (χ2v) is 7.33. The summed E-state index contributed by atoms with van der Waals surface area (Å²) < 4.78 is 11.2. The van der Waals surface area contributed by atoms with Crippen molar-refractivity contribution >= 4 is 17.6 Å². The van der Waals surface area contributed by atoms with E-state index in [9.17, 15) is 4.79 Å². The summed E-state index contributed by atoms with van der Waals surface area (Å²) in [6.07, 6.45) is 2.25. The number of aliphatic imine (C=N–C) groups is 1. The highest BCUT2D eigenvalue weighted by Crippen LogP contribution is 2.16. The van der Waals surface area contributed by atoms with Crippen molar-refractivity contribution in [2.75, 3.05) is 31.6 Å². The van der Waals surface area contributed by atoms with Gasteiger partial charge in [0.1, 0.15) is 11.9 Å². The number of nitrogens with zero attached hydrogens (tertiary/aromatic N) is 1. The van der Waals surface area contributed by atoms with E-state index in [1.54, 1.807) is 0 Å². The summed E-state index contributed by atoms with van der Waals surface area (Å²) >= 11 is 0. The molecule has 7 heteroatoms. The summed E-state index contributed by atoms with van der Waals surface area (Å²) in [5.74, 6) is 1.57. The van der Waals surface area contributed by atoms with E-state index in [0.29, 0.717) is 19.8 Å². The molecule has 1 fully saturated rings. The SMILES string of the molecule is CCNC(=NCc1cccc(NC(=O)C2CCCO2)c1)NCCCOc1ccccc1. The average molecular weight is 425 g/mol. The Morgan fingerprint density at radius 3 is 2.81 bits per heavy atom. The van der Waals surface area contributed by atoms with Crippen LogP contribution in [0.5, 0.6) is 5.75 Å². The van der Waals surface area contributed by atoms with E-state index in [2.05, 4.69) is 20.9 Å². The Balaban J connectivity index is 1.45. The molecule has 0 aromatic heterocycles. The second-order valence-electron chi connectivity index (χ2n) is 7.33. The predicted octanol–water partition coefficient (Wildman–Crippen LogP) is 3.33. The molecule has 1 heterocycles. The molecule has 3 N–H and O–H groups in total. The third-order valence-corrected chi connectivity index (χ3v) is 4.81. The van der Waals surface area contributed by atoms with E-state index in [0.717, 1.165) is 55.3 Å². The van der Waals surface area contributed by atoms with Crippen LogP contribution in [-0.4, -0.2) is 44.3 Å². The first-order chi connectivity index (χ1) is 15.2. The summed E-state index contributed by atoms with van der Waals surface area (Å²) in [6, 6.07) is 17.6. The number of hydrogen-bond acceptors (Lipinski definition) is 4. The molecule has 1 aliphatic rings. The maximum absolute atomic E-state index is 12.2. The van der Waals surface area contributed by atoms with Gasteiger partial charge in [-0.2, -0.15) is 0 Å². The number of carbonyl (C=O) groups is 1. The fourth-order valence-electron chi connectivity index (χ4n) is 3.25. The zero-order chi connectivity index (χ0) is 21.7. The number of rotatable bonds is 10. The van der Waals surface area contributed by atoms with Gasteiger partial charge in [0, 0.05) is 25.4 Å². The van der Waals surface area contributed by atoms with Gasteiger partial charge in [-0.15, -0.1) is 0 Å². The number of ether oxygens (including phenoxy) is 2. The summed E-state index contributed by atoms with van der Waals surface area (Å²) in [6.45, 7) is 5.39. The van der Waals surface area contributed by atoms with Gasteiger partial charge in [0.25, 0.3) is 5.91 Å². The third-order valence-electron chi connectivity index (χ3n) is 4.81. The van der Waals surface area contributed by atoms with E-state index < -0.39 is 0 Å². The standard InChI is InChI=1S/C24H32N4O3/c1-2-25-24(26-14-8-16-30-21-11-4-3-5-12-21)27-18-19-9-6-10-20(17-19)28-23(29)22-13-7-15-31-22/h3-6,9-12,17,22H,2,7-8,13-16,18H2,1H3,(H,28,29)(H2,25,26,27). The summed E-state index contributed by atoms with van der Waals surface area (Å²) in [4.78, 5) is 16.9. The fourth-order valence-corrected chi connectivity index (χ4v) is 3.25. The molecule has 3 rings (SSSR count). The van der Waals surface area contributed by atoms with Crippen molar-refractivity contribution in [1.29, 1.82) is 0 Å².